The van der Waals surface area contributed by atoms with Crippen molar-refractivity contribution >= 4 is 11.9 Å². The lowest BCUT2D eigenvalue weighted by Gasteiger charge is -2.15. The molecule has 7 nitrogen and oxygen atoms in total. The number of carbonyl (C=O) groups is 1. The van der Waals surface area contributed by atoms with Crippen LogP contribution in [0.4, 0.5) is 15.0 Å². The Bertz CT molecular complexity index is 626. The third kappa shape index (κ3) is 4.77. The third-order valence-electron chi connectivity index (χ3n) is 3.96. The zero-order chi connectivity index (χ0) is 17.5. The van der Waals surface area contributed by atoms with Gasteiger partial charge in [-0.05, 0) is 25.7 Å². The largest absolute Gasteiger partial charge is 0.449 e. The van der Waals surface area contributed by atoms with E-state index >= 15 is 0 Å². The number of rotatable bonds is 7. The number of hydrogen-bond acceptors (Lipinski definition) is 5. The van der Waals surface area contributed by atoms with Crippen molar-refractivity contribution in [3.05, 3.63) is 22.5 Å². The smallest absolute Gasteiger partial charge is 0.412 e. The van der Waals surface area contributed by atoms with E-state index in [1.165, 1.54) is 0 Å². The topological polar surface area (TPSA) is 82.5 Å². The molecule has 1 aliphatic rings. The average Bonchev–Trinajstić information content (AvgIpc) is 3.03. The summed E-state index contributed by atoms with van der Waals surface area (Å²) in [6, 6.07) is 0. The standard InChI is InChI=1S/C16H24FN3O4.H2/c1-3-5-6-9-23-16(22)19-14-12(17)10-20(15(21)18-14)13-8-7-11(4-2)24-13;/h10-11,13H,3-9H2,1-2H3,(H,18,19,21,22);1H/t11-,13?;/m1./s1. The Balaban J connectivity index is 0.00000312. The lowest BCUT2D eigenvalue weighted by atomic mass is 10.2. The van der Waals surface area contributed by atoms with E-state index in [1.807, 2.05) is 13.8 Å². The third-order valence-corrected chi connectivity index (χ3v) is 3.96. The van der Waals surface area contributed by atoms with Gasteiger partial charge in [0.15, 0.2) is 11.6 Å². The van der Waals surface area contributed by atoms with E-state index in [4.69, 9.17) is 9.47 Å². The molecule has 0 bridgehead atoms. The first-order valence-electron chi connectivity index (χ1n) is 8.43. The number of ether oxygens (including phenoxy) is 2. The molecule has 1 aromatic rings. The van der Waals surface area contributed by atoms with Crippen molar-refractivity contribution in [2.75, 3.05) is 11.9 Å². The minimum Gasteiger partial charge on any atom is -0.449 e. The van der Waals surface area contributed by atoms with Gasteiger partial charge < -0.3 is 9.47 Å². The van der Waals surface area contributed by atoms with Crippen molar-refractivity contribution < 1.29 is 20.1 Å². The molecule has 2 atom stereocenters. The van der Waals surface area contributed by atoms with Crippen LogP contribution in [0.3, 0.4) is 0 Å². The van der Waals surface area contributed by atoms with E-state index in [0.29, 0.717) is 6.42 Å². The molecule has 1 unspecified atom stereocenters. The lowest BCUT2D eigenvalue weighted by Crippen LogP contribution is -2.29. The highest BCUT2D eigenvalue weighted by molar-refractivity contribution is 5.83. The molecule has 0 spiro atoms. The Labute approximate surface area is 141 Å². The molecule has 1 saturated heterocycles. The minimum atomic E-state index is -0.821. The number of carbonyl (C=O) groups excluding carboxylic acids is 1. The molecule has 0 saturated carbocycles. The first-order valence-corrected chi connectivity index (χ1v) is 8.43. The molecule has 8 heteroatoms. The summed E-state index contributed by atoms with van der Waals surface area (Å²) in [7, 11) is 0. The van der Waals surface area contributed by atoms with Gasteiger partial charge in [-0.25, -0.2) is 14.0 Å². The van der Waals surface area contributed by atoms with Gasteiger partial charge in [0.1, 0.15) is 6.23 Å². The van der Waals surface area contributed by atoms with Crippen LogP contribution in [0.5, 0.6) is 0 Å². The maximum Gasteiger partial charge on any atom is 0.412 e. The van der Waals surface area contributed by atoms with Crippen LogP contribution in [-0.2, 0) is 9.47 Å². The summed E-state index contributed by atoms with van der Waals surface area (Å²) in [5.74, 6) is -1.23. The molecular weight excluding hydrogens is 317 g/mol. The highest BCUT2D eigenvalue weighted by Crippen LogP contribution is 2.28. The predicted molar refractivity (Wildman–Crippen MR) is 88.5 cm³/mol. The molecule has 2 heterocycles. The van der Waals surface area contributed by atoms with Crippen LogP contribution in [-0.4, -0.2) is 28.4 Å². The van der Waals surface area contributed by atoms with Crippen LogP contribution < -0.4 is 11.0 Å². The maximum atomic E-state index is 14.1. The van der Waals surface area contributed by atoms with Crippen molar-refractivity contribution in [2.45, 2.75) is 64.7 Å². The molecule has 136 valence electrons. The zero-order valence-corrected chi connectivity index (χ0v) is 14.1. The quantitative estimate of drug-likeness (QED) is 0.767. The van der Waals surface area contributed by atoms with Crippen LogP contribution in [0, 0.1) is 5.82 Å². The van der Waals surface area contributed by atoms with Crippen molar-refractivity contribution in [3.63, 3.8) is 0 Å². The Morgan fingerprint density at radius 1 is 1.50 bits per heavy atom. The fourth-order valence-electron chi connectivity index (χ4n) is 2.58. The number of hydrogen-bond donors (Lipinski definition) is 1. The van der Waals surface area contributed by atoms with Gasteiger partial charge in [0, 0.05) is 1.43 Å². The average molecular weight is 343 g/mol. The van der Waals surface area contributed by atoms with Gasteiger partial charge >= 0.3 is 11.8 Å². The van der Waals surface area contributed by atoms with E-state index in [0.717, 1.165) is 42.9 Å². The zero-order valence-electron chi connectivity index (χ0n) is 14.1. The van der Waals surface area contributed by atoms with Gasteiger partial charge in [-0.2, -0.15) is 4.98 Å². The van der Waals surface area contributed by atoms with Crippen molar-refractivity contribution in [1.29, 1.82) is 0 Å². The molecule has 2 rings (SSSR count). The summed E-state index contributed by atoms with van der Waals surface area (Å²) >= 11 is 0. The monoisotopic (exact) mass is 343 g/mol. The summed E-state index contributed by atoms with van der Waals surface area (Å²) < 4.78 is 25.8. The van der Waals surface area contributed by atoms with E-state index in [9.17, 15) is 14.0 Å². The second kappa shape index (κ2) is 8.77. The fourth-order valence-corrected chi connectivity index (χ4v) is 2.58. The number of nitrogens with zero attached hydrogens (tertiary/aromatic N) is 2. The normalized spacial score (nSPS) is 20.1. The van der Waals surface area contributed by atoms with Gasteiger partial charge in [0.25, 0.3) is 0 Å². The van der Waals surface area contributed by atoms with Gasteiger partial charge in [-0.3, -0.25) is 9.88 Å². The molecule has 1 N–H and O–H groups in total. The van der Waals surface area contributed by atoms with Crippen molar-refractivity contribution in [3.8, 4) is 0 Å². The van der Waals surface area contributed by atoms with Crippen molar-refractivity contribution in [2.24, 2.45) is 0 Å². The van der Waals surface area contributed by atoms with Gasteiger partial charge in [-0.15, -0.1) is 0 Å². The molecule has 1 fully saturated rings. The molecule has 0 radical (unpaired) electrons. The first-order chi connectivity index (χ1) is 11.5. The lowest BCUT2D eigenvalue weighted by molar-refractivity contribution is -0.00242. The minimum absolute atomic E-state index is 0. The number of aromatic nitrogens is 2. The summed E-state index contributed by atoms with van der Waals surface area (Å²) in [4.78, 5) is 27.2. The number of amides is 1. The summed E-state index contributed by atoms with van der Waals surface area (Å²) in [5, 5.41) is 2.16. The molecule has 0 aliphatic carbocycles. The number of anilines is 1. The molecule has 1 aliphatic heterocycles. The molecule has 1 amide bonds. The Kier molecular flexibility index (Phi) is 6.72. The molecular formula is C16H26FN3O4. The summed E-state index contributed by atoms with van der Waals surface area (Å²) in [6.45, 7) is 4.27. The molecule has 24 heavy (non-hydrogen) atoms. The summed E-state index contributed by atoms with van der Waals surface area (Å²) in [5.41, 5.74) is -0.667. The van der Waals surface area contributed by atoms with Crippen LogP contribution in [0.2, 0.25) is 0 Å². The van der Waals surface area contributed by atoms with E-state index < -0.39 is 29.6 Å². The second-order valence-corrected chi connectivity index (χ2v) is 5.79. The molecule has 0 aromatic carbocycles. The van der Waals surface area contributed by atoms with Crippen LogP contribution in [0.1, 0.15) is 60.0 Å². The maximum absolute atomic E-state index is 14.1. The number of nitrogens with one attached hydrogen (secondary N) is 1. The van der Waals surface area contributed by atoms with Crippen molar-refractivity contribution in [1.82, 2.24) is 9.55 Å². The highest BCUT2D eigenvalue weighted by atomic mass is 19.1. The number of halogens is 1. The number of unbranched alkanes of at least 4 members (excludes halogenated alkanes) is 2. The molecule has 1 aromatic heterocycles. The van der Waals surface area contributed by atoms with Crippen LogP contribution in [0.25, 0.3) is 0 Å². The Morgan fingerprint density at radius 2 is 2.29 bits per heavy atom. The Morgan fingerprint density at radius 3 is 2.96 bits per heavy atom. The summed E-state index contributed by atoms with van der Waals surface area (Å²) in [6.07, 6.45) is 4.72. The van der Waals surface area contributed by atoms with E-state index in [2.05, 4.69) is 10.3 Å². The van der Waals surface area contributed by atoms with E-state index in [1.54, 1.807) is 0 Å². The van der Waals surface area contributed by atoms with Gasteiger partial charge in [0.05, 0.1) is 18.9 Å². The van der Waals surface area contributed by atoms with Crippen LogP contribution >= 0.6 is 0 Å². The SMILES string of the molecule is CCCCCOC(=O)Nc1nc(=O)n(C2CC[C@@H](CC)O2)cc1F.[HH]. The van der Waals surface area contributed by atoms with Gasteiger partial charge in [0.2, 0.25) is 0 Å². The van der Waals surface area contributed by atoms with Gasteiger partial charge in [-0.1, -0.05) is 26.7 Å². The fraction of sp³-hybridized carbons (Fsp3) is 0.688. The van der Waals surface area contributed by atoms with Crippen LogP contribution in [0.15, 0.2) is 11.0 Å². The predicted octanol–water partition coefficient (Wildman–Crippen LogP) is 3.45. The highest BCUT2D eigenvalue weighted by Gasteiger charge is 2.27. The first kappa shape index (κ1) is 18.4. The Hall–Kier alpha value is -1.96. The second-order valence-electron chi connectivity index (χ2n) is 5.79. The van der Waals surface area contributed by atoms with E-state index in [-0.39, 0.29) is 14.1 Å².